The highest BCUT2D eigenvalue weighted by Crippen LogP contribution is 2.34. The maximum Gasteiger partial charge on any atom is 0.221 e. The summed E-state index contributed by atoms with van der Waals surface area (Å²) in [4.78, 5) is 4.47. The van der Waals surface area contributed by atoms with Crippen LogP contribution in [0.3, 0.4) is 0 Å². The number of allylic oxidation sites excluding steroid dienone is 1. The van der Waals surface area contributed by atoms with Gasteiger partial charge in [0.1, 0.15) is 12.4 Å². The summed E-state index contributed by atoms with van der Waals surface area (Å²) in [6.45, 7) is 4.30. The zero-order valence-corrected chi connectivity index (χ0v) is 16.2. The van der Waals surface area contributed by atoms with Gasteiger partial charge in [0.2, 0.25) is 5.88 Å². The third-order valence-corrected chi connectivity index (χ3v) is 4.43. The second kappa shape index (κ2) is 8.68. The molecule has 3 nitrogen and oxygen atoms in total. The van der Waals surface area contributed by atoms with E-state index in [4.69, 9.17) is 9.47 Å². The van der Waals surface area contributed by atoms with E-state index in [0.29, 0.717) is 12.5 Å². The molecular weight excluding hydrogens is 390 g/mol. The Morgan fingerprint density at radius 3 is 2.65 bits per heavy atom. The van der Waals surface area contributed by atoms with Crippen LogP contribution in [0.2, 0.25) is 0 Å². The summed E-state index contributed by atoms with van der Waals surface area (Å²) in [5, 5.41) is 0. The SMILES string of the molecule is C=CCc1cc(-c2cc(Br)cnc2OCc2ccccc2)ccc1OC. The predicted molar refractivity (Wildman–Crippen MR) is 109 cm³/mol. The molecule has 2 aromatic carbocycles. The molecular formula is C22H20BrNO2. The number of rotatable bonds is 7. The van der Waals surface area contributed by atoms with Gasteiger partial charge in [-0.05, 0) is 57.2 Å². The minimum absolute atomic E-state index is 0.470. The Bertz CT molecular complexity index is 894. The lowest BCUT2D eigenvalue weighted by molar-refractivity contribution is 0.295. The van der Waals surface area contributed by atoms with E-state index in [1.807, 2.05) is 54.6 Å². The summed E-state index contributed by atoms with van der Waals surface area (Å²) in [5.74, 6) is 1.45. The quantitative estimate of drug-likeness (QED) is 0.460. The Hall–Kier alpha value is -2.59. The van der Waals surface area contributed by atoms with E-state index >= 15 is 0 Å². The van der Waals surface area contributed by atoms with Crippen LogP contribution in [-0.2, 0) is 13.0 Å². The smallest absolute Gasteiger partial charge is 0.221 e. The third kappa shape index (κ3) is 4.33. The molecule has 3 aromatic rings. The van der Waals surface area contributed by atoms with Gasteiger partial charge in [-0.2, -0.15) is 0 Å². The number of hydrogen-bond donors (Lipinski definition) is 0. The van der Waals surface area contributed by atoms with Crippen molar-refractivity contribution in [3.8, 4) is 22.8 Å². The van der Waals surface area contributed by atoms with Crippen LogP contribution in [0.15, 0.2) is 77.9 Å². The van der Waals surface area contributed by atoms with Gasteiger partial charge in [-0.1, -0.05) is 42.5 Å². The van der Waals surface area contributed by atoms with E-state index in [-0.39, 0.29) is 0 Å². The van der Waals surface area contributed by atoms with Crippen molar-refractivity contribution in [2.75, 3.05) is 7.11 Å². The van der Waals surface area contributed by atoms with Crippen LogP contribution in [0.1, 0.15) is 11.1 Å². The molecule has 0 amide bonds. The van der Waals surface area contributed by atoms with Gasteiger partial charge in [-0.15, -0.1) is 6.58 Å². The van der Waals surface area contributed by atoms with E-state index < -0.39 is 0 Å². The number of nitrogens with zero attached hydrogens (tertiary/aromatic N) is 1. The highest BCUT2D eigenvalue weighted by atomic mass is 79.9. The molecule has 0 unspecified atom stereocenters. The van der Waals surface area contributed by atoms with E-state index in [0.717, 1.165) is 38.9 Å². The average molecular weight is 410 g/mol. The predicted octanol–water partition coefficient (Wildman–Crippen LogP) is 5.83. The molecule has 0 atom stereocenters. The van der Waals surface area contributed by atoms with Crippen molar-refractivity contribution >= 4 is 15.9 Å². The molecule has 3 rings (SSSR count). The molecule has 0 spiro atoms. The van der Waals surface area contributed by atoms with Crippen molar-refractivity contribution in [2.24, 2.45) is 0 Å². The van der Waals surface area contributed by atoms with Crippen molar-refractivity contribution in [3.05, 3.63) is 89.0 Å². The standard InChI is InChI=1S/C22H20BrNO2/c1-3-7-18-12-17(10-11-21(18)25-2)20-13-19(23)14-24-22(20)26-15-16-8-5-4-6-9-16/h3-6,8-14H,1,7,15H2,2H3. The number of halogens is 1. The van der Waals surface area contributed by atoms with Crippen LogP contribution >= 0.6 is 15.9 Å². The fourth-order valence-corrected chi connectivity index (χ4v) is 3.07. The second-order valence-electron chi connectivity index (χ2n) is 5.80. The molecule has 0 saturated heterocycles. The lowest BCUT2D eigenvalue weighted by Gasteiger charge is -2.13. The van der Waals surface area contributed by atoms with Gasteiger partial charge in [0.25, 0.3) is 0 Å². The fraction of sp³-hybridized carbons (Fsp3) is 0.136. The van der Waals surface area contributed by atoms with Crippen LogP contribution < -0.4 is 9.47 Å². The summed E-state index contributed by atoms with van der Waals surface area (Å²) < 4.78 is 12.4. The summed E-state index contributed by atoms with van der Waals surface area (Å²) in [6.07, 6.45) is 4.35. The van der Waals surface area contributed by atoms with Gasteiger partial charge < -0.3 is 9.47 Å². The number of methoxy groups -OCH3 is 1. The topological polar surface area (TPSA) is 31.4 Å². The maximum atomic E-state index is 6.01. The average Bonchev–Trinajstić information content (AvgIpc) is 2.68. The van der Waals surface area contributed by atoms with Crippen LogP contribution in [0.5, 0.6) is 11.6 Å². The first-order valence-corrected chi connectivity index (χ1v) is 9.11. The summed E-state index contributed by atoms with van der Waals surface area (Å²) >= 11 is 3.51. The number of ether oxygens (including phenoxy) is 2. The molecule has 0 saturated carbocycles. The molecule has 1 aromatic heterocycles. The lowest BCUT2D eigenvalue weighted by Crippen LogP contribution is -1.99. The van der Waals surface area contributed by atoms with Gasteiger partial charge in [0.05, 0.1) is 7.11 Å². The van der Waals surface area contributed by atoms with Crippen LogP contribution in [0, 0.1) is 0 Å². The first-order valence-electron chi connectivity index (χ1n) is 8.31. The van der Waals surface area contributed by atoms with Gasteiger partial charge in [-0.3, -0.25) is 0 Å². The normalized spacial score (nSPS) is 10.4. The minimum Gasteiger partial charge on any atom is -0.496 e. The molecule has 0 N–H and O–H groups in total. The first kappa shape index (κ1) is 18.2. The molecule has 0 fully saturated rings. The summed E-state index contributed by atoms with van der Waals surface area (Å²) in [7, 11) is 1.68. The minimum atomic E-state index is 0.470. The van der Waals surface area contributed by atoms with Crippen molar-refractivity contribution in [3.63, 3.8) is 0 Å². The largest absolute Gasteiger partial charge is 0.496 e. The van der Waals surface area contributed by atoms with E-state index in [2.05, 4.69) is 33.6 Å². The van der Waals surface area contributed by atoms with Crippen LogP contribution in [0.4, 0.5) is 0 Å². The number of hydrogen-bond acceptors (Lipinski definition) is 3. The Balaban J connectivity index is 1.95. The lowest BCUT2D eigenvalue weighted by atomic mass is 10.0. The number of aromatic nitrogens is 1. The second-order valence-corrected chi connectivity index (χ2v) is 6.72. The monoisotopic (exact) mass is 409 g/mol. The van der Waals surface area contributed by atoms with E-state index in [1.165, 1.54) is 0 Å². The molecule has 1 heterocycles. The third-order valence-electron chi connectivity index (χ3n) is 3.99. The first-order chi connectivity index (χ1) is 12.7. The van der Waals surface area contributed by atoms with Crippen molar-refractivity contribution < 1.29 is 9.47 Å². The van der Waals surface area contributed by atoms with Crippen LogP contribution in [-0.4, -0.2) is 12.1 Å². The van der Waals surface area contributed by atoms with Gasteiger partial charge >= 0.3 is 0 Å². The Morgan fingerprint density at radius 1 is 1.12 bits per heavy atom. The summed E-state index contributed by atoms with van der Waals surface area (Å²) in [5.41, 5.74) is 4.14. The highest BCUT2D eigenvalue weighted by Gasteiger charge is 2.12. The van der Waals surface area contributed by atoms with E-state index in [9.17, 15) is 0 Å². The van der Waals surface area contributed by atoms with Gasteiger partial charge in [0.15, 0.2) is 0 Å². The highest BCUT2D eigenvalue weighted by molar-refractivity contribution is 9.10. The maximum absolute atomic E-state index is 6.01. The van der Waals surface area contributed by atoms with Gasteiger partial charge in [0, 0.05) is 16.2 Å². The molecule has 0 aliphatic rings. The Kier molecular flexibility index (Phi) is 6.08. The number of benzene rings is 2. The Morgan fingerprint density at radius 2 is 1.92 bits per heavy atom. The van der Waals surface area contributed by atoms with Crippen molar-refractivity contribution in [1.82, 2.24) is 4.98 Å². The molecule has 26 heavy (non-hydrogen) atoms. The van der Waals surface area contributed by atoms with Crippen molar-refractivity contribution in [2.45, 2.75) is 13.0 Å². The van der Waals surface area contributed by atoms with Crippen molar-refractivity contribution in [1.29, 1.82) is 0 Å². The zero-order valence-electron chi connectivity index (χ0n) is 14.6. The molecule has 0 bridgehead atoms. The molecule has 132 valence electrons. The molecule has 0 aliphatic carbocycles. The zero-order chi connectivity index (χ0) is 18.4. The molecule has 4 heteroatoms. The fourth-order valence-electron chi connectivity index (χ4n) is 2.74. The molecule has 0 radical (unpaired) electrons. The van der Waals surface area contributed by atoms with Crippen LogP contribution in [0.25, 0.3) is 11.1 Å². The number of pyridine rings is 1. The van der Waals surface area contributed by atoms with Gasteiger partial charge in [-0.25, -0.2) is 4.98 Å². The molecule has 0 aliphatic heterocycles. The Labute approximate surface area is 162 Å². The summed E-state index contributed by atoms with van der Waals surface area (Å²) in [6, 6.07) is 18.2. The van der Waals surface area contributed by atoms with E-state index in [1.54, 1.807) is 13.3 Å².